The molecule has 0 aromatic heterocycles. The molecule has 0 radical (unpaired) electrons. The van der Waals surface area contributed by atoms with Gasteiger partial charge in [0.2, 0.25) is 5.91 Å². The predicted octanol–water partition coefficient (Wildman–Crippen LogP) is 5.09. The second-order valence-electron chi connectivity index (χ2n) is 11.3. The van der Waals surface area contributed by atoms with Crippen molar-refractivity contribution in [2.75, 3.05) is 13.1 Å². The Hall–Kier alpha value is -2.46. The van der Waals surface area contributed by atoms with Crippen molar-refractivity contribution in [2.24, 2.45) is 5.73 Å². The van der Waals surface area contributed by atoms with Crippen molar-refractivity contribution >= 4 is 35.2 Å². The molecule has 11 heteroatoms. The lowest BCUT2D eigenvalue weighted by Crippen LogP contribution is -2.53. The van der Waals surface area contributed by atoms with Crippen molar-refractivity contribution in [3.8, 4) is 0 Å². The van der Waals surface area contributed by atoms with Gasteiger partial charge < -0.3 is 26.0 Å². The molecule has 2 aromatic rings. The number of carbonyl (C=O) groups is 2. The molecule has 2 heterocycles. The number of hydrogen-bond donors (Lipinski definition) is 3. The average molecular weight is 584 g/mol. The topological polar surface area (TPSA) is 96.7 Å². The number of carbonyl (C=O) groups excluding carboxylic acids is 2. The van der Waals surface area contributed by atoms with Crippen LogP contribution in [0.2, 0.25) is 10.0 Å². The van der Waals surface area contributed by atoms with E-state index < -0.39 is 52.8 Å². The number of rotatable bonds is 4. The molecule has 2 aromatic carbocycles. The molecule has 4 atom stereocenters. The van der Waals surface area contributed by atoms with E-state index >= 15 is 8.78 Å². The third-order valence-corrected chi connectivity index (χ3v) is 8.01. The number of amides is 2. The molecule has 0 unspecified atom stereocenters. The highest BCUT2D eigenvalue weighted by Crippen LogP contribution is 2.47. The van der Waals surface area contributed by atoms with Gasteiger partial charge in [-0.2, -0.15) is 0 Å². The number of benzene rings is 2. The fourth-order valence-electron chi connectivity index (χ4n) is 5.54. The van der Waals surface area contributed by atoms with Gasteiger partial charge in [0.25, 0.3) is 0 Å². The van der Waals surface area contributed by atoms with E-state index in [9.17, 15) is 9.59 Å². The molecule has 2 saturated heterocycles. The van der Waals surface area contributed by atoms with Crippen LogP contribution in [0.1, 0.15) is 57.6 Å². The normalized spacial score (nSPS) is 26.0. The number of ether oxygens (including phenoxy) is 1. The maximum absolute atomic E-state index is 15.4. The maximum atomic E-state index is 15.4. The van der Waals surface area contributed by atoms with Crippen LogP contribution in [0.5, 0.6) is 0 Å². The van der Waals surface area contributed by atoms with Crippen molar-refractivity contribution in [2.45, 2.75) is 75.7 Å². The summed E-state index contributed by atoms with van der Waals surface area (Å²) in [5.74, 6) is -2.76. The largest absolute Gasteiger partial charge is 0.444 e. The van der Waals surface area contributed by atoms with Crippen LogP contribution in [-0.4, -0.2) is 53.7 Å². The summed E-state index contributed by atoms with van der Waals surface area (Å²) in [6.45, 7) is 7.98. The average Bonchev–Trinajstić information content (AvgIpc) is 3.11. The van der Waals surface area contributed by atoms with Gasteiger partial charge in [-0.25, -0.2) is 13.6 Å². The minimum atomic E-state index is -1.51. The molecule has 7 nitrogen and oxygen atoms in total. The summed E-state index contributed by atoms with van der Waals surface area (Å²) < 4.78 is 36.1. The summed E-state index contributed by atoms with van der Waals surface area (Å²) in [7, 11) is 0. The van der Waals surface area contributed by atoms with E-state index in [0.29, 0.717) is 25.9 Å². The summed E-state index contributed by atoms with van der Waals surface area (Å²) in [6, 6.07) is 6.79. The molecule has 2 aliphatic rings. The van der Waals surface area contributed by atoms with Crippen LogP contribution < -0.4 is 16.4 Å². The first-order valence-corrected chi connectivity index (χ1v) is 13.7. The van der Waals surface area contributed by atoms with Crippen LogP contribution in [0.15, 0.2) is 36.4 Å². The first-order valence-electron chi connectivity index (χ1n) is 12.9. The van der Waals surface area contributed by atoms with Crippen LogP contribution >= 0.6 is 23.2 Å². The molecule has 2 amide bonds. The Morgan fingerprint density at radius 2 is 1.82 bits per heavy atom. The zero-order chi connectivity index (χ0) is 28.7. The minimum Gasteiger partial charge on any atom is -0.444 e. The van der Waals surface area contributed by atoms with Crippen LogP contribution in [-0.2, 0) is 15.1 Å². The van der Waals surface area contributed by atoms with Crippen molar-refractivity contribution in [3.05, 3.63) is 69.2 Å². The number of nitrogens with two attached hydrogens (primary N) is 1. The number of hydrogen-bond acceptors (Lipinski definition) is 5. The smallest absolute Gasteiger partial charge is 0.410 e. The first-order chi connectivity index (χ1) is 18.2. The Morgan fingerprint density at radius 3 is 2.44 bits per heavy atom. The van der Waals surface area contributed by atoms with E-state index in [0.717, 1.165) is 6.07 Å². The van der Waals surface area contributed by atoms with Gasteiger partial charge in [-0.05, 0) is 64.3 Å². The summed E-state index contributed by atoms with van der Waals surface area (Å²) in [4.78, 5) is 27.7. The van der Waals surface area contributed by atoms with Gasteiger partial charge in [0, 0.05) is 41.7 Å². The van der Waals surface area contributed by atoms with E-state index in [2.05, 4.69) is 10.6 Å². The Morgan fingerprint density at radius 1 is 1.15 bits per heavy atom. The Bertz CT molecular complexity index is 1250. The van der Waals surface area contributed by atoms with E-state index in [4.69, 9.17) is 33.7 Å². The van der Waals surface area contributed by atoms with Crippen molar-refractivity contribution in [1.82, 2.24) is 15.5 Å². The second-order valence-corrected chi connectivity index (χ2v) is 12.1. The molecule has 212 valence electrons. The van der Waals surface area contributed by atoms with Gasteiger partial charge in [0.15, 0.2) is 0 Å². The number of likely N-dealkylation sites (tertiary alicyclic amines) is 1. The molecule has 0 aliphatic carbocycles. The third-order valence-electron chi connectivity index (χ3n) is 7.48. The zero-order valence-corrected chi connectivity index (χ0v) is 23.9. The lowest BCUT2D eigenvalue weighted by atomic mass is 9.71. The number of nitrogens with zero attached hydrogens (tertiary/aromatic N) is 1. The highest BCUT2D eigenvalue weighted by molar-refractivity contribution is 6.31. The van der Waals surface area contributed by atoms with Crippen LogP contribution in [0.4, 0.5) is 13.6 Å². The van der Waals surface area contributed by atoms with Gasteiger partial charge in [-0.15, -0.1) is 0 Å². The SMILES string of the molecule is C[C@H]1N[C@@H](C(=O)NC2CCN(C(=O)OC(C)(C)C)CC2)[C@H](c2cccc(Cl)c2F)[C@@]1(N)c1ccc(Cl)cc1F. The molecule has 4 rings (SSSR count). The third kappa shape index (κ3) is 6.01. The summed E-state index contributed by atoms with van der Waals surface area (Å²) in [5.41, 5.74) is 5.04. The van der Waals surface area contributed by atoms with Gasteiger partial charge in [0.1, 0.15) is 17.2 Å². The van der Waals surface area contributed by atoms with Crippen LogP contribution in [0, 0.1) is 11.6 Å². The highest BCUT2D eigenvalue weighted by atomic mass is 35.5. The van der Waals surface area contributed by atoms with Crippen molar-refractivity contribution in [3.63, 3.8) is 0 Å². The molecular weight excluding hydrogens is 549 g/mol. The van der Waals surface area contributed by atoms with E-state index in [-0.39, 0.29) is 27.2 Å². The quantitative estimate of drug-likeness (QED) is 0.467. The molecular formula is C28H34Cl2F2N4O3. The van der Waals surface area contributed by atoms with Crippen LogP contribution in [0.25, 0.3) is 0 Å². The molecule has 0 spiro atoms. The first kappa shape index (κ1) is 29.5. The predicted molar refractivity (Wildman–Crippen MR) is 147 cm³/mol. The fraction of sp³-hybridized carbons (Fsp3) is 0.500. The Labute approximate surface area is 237 Å². The van der Waals surface area contributed by atoms with Gasteiger partial charge in [-0.3, -0.25) is 4.79 Å². The van der Waals surface area contributed by atoms with E-state index in [1.165, 1.54) is 24.3 Å². The fourth-order valence-corrected chi connectivity index (χ4v) is 5.88. The molecule has 0 saturated carbocycles. The van der Waals surface area contributed by atoms with Crippen LogP contribution in [0.3, 0.4) is 0 Å². The van der Waals surface area contributed by atoms with Crippen molar-refractivity contribution in [1.29, 1.82) is 0 Å². The minimum absolute atomic E-state index is 0.107. The van der Waals surface area contributed by atoms with E-state index in [1.54, 1.807) is 38.7 Å². The maximum Gasteiger partial charge on any atom is 0.410 e. The summed E-state index contributed by atoms with van der Waals surface area (Å²) >= 11 is 12.1. The van der Waals surface area contributed by atoms with Gasteiger partial charge in [0.05, 0.1) is 16.6 Å². The van der Waals surface area contributed by atoms with Gasteiger partial charge in [-0.1, -0.05) is 41.4 Å². The Balaban J connectivity index is 1.60. The Kier molecular flexibility index (Phi) is 8.47. The second kappa shape index (κ2) is 11.2. The molecule has 2 aliphatic heterocycles. The standard InChI is InChI=1S/C28H34Cl2F2N4O3/c1-15-28(33,19-9-8-16(29)14-21(19)31)22(18-6-5-7-20(30)23(18)32)24(34-15)25(37)35-17-10-12-36(13-11-17)26(38)39-27(2,3)4/h5-9,14-15,17,22,24,34H,10-13,33H2,1-4H3,(H,35,37)/t15-,22+,24-,28+/m1/s1. The number of piperidine rings is 1. The highest BCUT2D eigenvalue weighted by Gasteiger charge is 2.56. The van der Waals surface area contributed by atoms with Gasteiger partial charge >= 0.3 is 6.09 Å². The molecule has 39 heavy (non-hydrogen) atoms. The van der Waals surface area contributed by atoms with Crippen molar-refractivity contribution < 1.29 is 23.1 Å². The number of halogens is 4. The molecule has 4 N–H and O–H groups in total. The van der Waals surface area contributed by atoms with E-state index in [1.807, 2.05) is 0 Å². The number of nitrogens with one attached hydrogen (secondary N) is 2. The molecule has 2 fully saturated rings. The monoisotopic (exact) mass is 582 g/mol. The lowest BCUT2D eigenvalue weighted by molar-refractivity contribution is -0.124. The zero-order valence-electron chi connectivity index (χ0n) is 22.4. The summed E-state index contributed by atoms with van der Waals surface area (Å²) in [5, 5.41) is 6.29. The summed E-state index contributed by atoms with van der Waals surface area (Å²) in [6.07, 6.45) is 0.638. The molecule has 0 bridgehead atoms. The lowest BCUT2D eigenvalue weighted by Gasteiger charge is -2.37.